The number of aliphatic hydroxyl groups is 1. The zero-order valence-electron chi connectivity index (χ0n) is 28.2. The highest BCUT2D eigenvalue weighted by Gasteiger charge is 2.16. The van der Waals surface area contributed by atoms with Crippen LogP contribution in [0, 0.1) is 0 Å². The first-order valence-electron chi connectivity index (χ1n) is 18.0. The average Bonchev–Trinajstić information content (AvgIpc) is 3.01. The molecule has 0 aliphatic heterocycles. The normalized spacial score (nSPS) is 12.5. The van der Waals surface area contributed by atoms with Gasteiger partial charge in [0.25, 0.3) is 0 Å². The quantitative estimate of drug-likeness (QED) is 0.0470. The Morgan fingerprint density at radius 2 is 1.00 bits per heavy atom. The van der Waals surface area contributed by atoms with Crippen molar-refractivity contribution in [1.82, 2.24) is 0 Å². The number of rotatable bonds is 32. The van der Waals surface area contributed by atoms with Gasteiger partial charge in [0.05, 0.1) is 6.61 Å². The van der Waals surface area contributed by atoms with E-state index in [4.69, 9.17) is 9.47 Å². The summed E-state index contributed by atoms with van der Waals surface area (Å²) in [6.07, 6.45) is 40.5. The number of allylic oxidation sites excluding steroid dienone is 6. The van der Waals surface area contributed by atoms with Crippen molar-refractivity contribution in [3.8, 4) is 0 Å². The van der Waals surface area contributed by atoms with E-state index in [0.717, 1.165) is 70.6 Å². The molecule has 0 fully saturated rings. The largest absolute Gasteiger partial charge is 0.462 e. The molecule has 0 aliphatic carbocycles. The minimum absolute atomic E-state index is 0.0705. The fourth-order valence-electron chi connectivity index (χ4n) is 4.98. The molecule has 0 rings (SSSR count). The van der Waals surface area contributed by atoms with E-state index >= 15 is 0 Å². The second-order valence-corrected chi connectivity index (χ2v) is 11.9. The van der Waals surface area contributed by atoms with Gasteiger partial charge < -0.3 is 14.6 Å². The fraction of sp³-hybridized carbons (Fsp3) is 0.789. The molecule has 5 nitrogen and oxygen atoms in total. The van der Waals surface area contributed by atoms with Gasteiger partial charge in [-0.05, 0) is 44.9 Å². The van der Waals surface area contributed by atoms with Crippen molar-refractivity contribution in [1.29, 1.82) is 0 Å². The highest BCUT2D eigenvalue weighted by molar-refractivity contribution is 5.70. The van der Waals surface area contributed by atoms with Gasteiger partial charge in [0.15, 0.2) is 6.10 Å². The number of esters is 2. The van der Waals surface area contributed by atoms with Crippen LogP contribution in [0.15, 0.2) is 36.5 Å². The number of carbonyl (C=O) groups is 2. The Bertz CT molecular complexity index is 696. The van der Waals surface area contributed by atoms with Crippen molar-refractivity contribution < 1.29 is 24.2 Å². The van der Waals surface area contributed by atoms with E-state index in [1.807, 2.05) is 0 Å². The van der Waals surface area contributed by atoms with Crippen LogP contribution in [-0.4, -0.2) is 36.4 Å². The molecule has 0 radical (unpaired) electrons. The van der Waals surface area contributed by atoms with Crippen LogP contribution in [0.2, 0.25) is 0 Å². The minimum atomic E-state index is -0.776. The van der Waals surface area contributed by atoms with Gasteiger partial charge in [-0.2, -0.15) is 0 Å². The van der Waals surface area contributed by atoms with Crippen LogP contribution >= 0.6 is 0 Å². The molecule has 0 unspecified atom stereocenters. The molecule has 0 bridgehead atoms. The molecule has 0 heterocycles. The monoisotopic (exact) mass is 605 g/mol. The molecule has 1 N–H and O–H groups in total. The van der Waals surface area contributed by atoms with Crippen molar-refractivity contribution in [3.63, 3.8) is 0 Å². The first kappa shape index (κ1) is 41.1. The summed E-state index contributed by atoms with van der Waals surface area (Å²) in [6, 6.07) is 0. The Labute approximate surface area is 266 Å². The number of hydrogen-bond acceptors (Lipinski definition) is 5. The molecule has 0 spiro atoms. The molecule has 0 aromatic heterocycles. The summed E-state index contributed by atoms with van der Waals surface area (Å²) in [5, 5.41) is 9.52. The number of carbonyl (C=O) groups excluding carboxylic acids is 2. The van der Waals surface area contributed by atoms with Crippen LogP contribution in [-0.2, 0) is 19.1 Å². The Hall–Kier alpha value is -1.88. The van der Waals surface area contributed by atoms with E-state index in [9.17, 15) is 14.7 Å². The van der Waals surface area contributed by atoms with E-state index in [2.05, 4.69) is 50.3 Å². The Morgan fingerprint density at radius 3 is 1.51 bits per heavy atom. The maximum Gasteiger partial charge on any atom is 0.306 e. The third kappa shape index (κ3) is 32.9. The Kier molecular flexibility index (Phi) is 33.1. The average molecular weight is 605 g/mol. The first-order valence-corrected chi connectivity index (χ1v) is 18.0. The highest BCUT2D eigenvalue weighted by Crippen LogP contribution is 2.14. The van der Waals surface area contributed by atoms with Crippen molar-refractivity contribution in [2.24, 2.45) is 0 Å². The van der Waals surface area contributed by atoms with Gasteiger partial charge in [-0.1, -0.05) is 153 Å². The van der Waals surface area contributed by atoms with Crippen LogP contribution in [0.3, 0.4) is 0 Å². The molecule has 250 valence electrons. The van der Waals surface area contributed by atoms with Crippen molar-refractivity contribution >= 4 is 11.9 Å². The minimum Gasteiger partial charge on any atom is -0.462 e. The van der Waals surface area contributed by atoms with E-state index in [-0.39, 0.29) is 25.2 Å². The summed E-state index contributed by atoms with van der Waals surface area (Å²) < 4.78 is 10.6. The van der Waals surface area contributed by atoms with E-state index in [1.54, 1.807) is 0 Å². The summed E-state index contributed by atoms with van der Waals surface area (Å²) in [5.41, 5.74) is 0. The van der Waals surface area contributed by atoms with Gasteiger partial charge in [-0.25, -0.2) is 0 Å². The lowest BCUT2D eigenvalue weighted by molar-refractivity contribution is -0.161. The Morgan fingerprint density at radius 1 is 0.558 bits per heavy atom. The second kappa shape index (κ2) is 34.6. The maximum absolute atomic E-state index is 12.1. The van der Waals surface area contributed by atoms with Crippen molar-refractivity contribution in [3.05, 3.63) is 36.5 Å². The second-order valence-electron chi connectivity index (χ2n) is 11.9. The van der Waals surface area contributed by atoms with Crippen LogP contribution in [0.1, 0.15) is 174 Å². The molecule has 1 atom stereocenters. The van der Waals surface area contributed by atoms with Gasteiger partial charge >= 0.3 is 11.9 Å². The van der Waals surface area contributed by atoms with Gasteiger partial charge in [0.2, 0.25) is 0 Å². The topological polar surface area (TPSA) is 72.8 Å². The summed E-state index contributed by atoms with van der Waals surface area (Å²) >= 11 is 0. The zero-order chi connectivity index (χ0) is 31.5. The molecule has 5 heteroatoms. The van der Waals surface area contributed by atoms with Crippen LogP contribution < -0.4 is 0 Å². The molecule has 0 saturated carbocycles. The molecular formula is C38H68O5. The standard InChI is InChI=1S/C38H68O5/c1-3-5-7-9-11-13-15-17-19-21-23-25-27-29-31-33-38(41)43-36(34-39)35-42-37(40)32-30-28-26-24-22-20-18-16-14-12-10-8-6-4-2/h5,7,11,13,17,19,36,39H,3-4,6,8-10,12,14-16,18,20-35H2,1-2H3/b7-5-,13-11-,19-17-/t36-/m0/s1. The fourth-order valence-corrected chi connectivity index (χ4v) is 4.98. The number of aliphatic hydroxyl groups excluding tert-OH is 1. The summed E-state index contributed by atoms with van der Waals surface area (Å²) in [5.74, 6) is -0.608. The predicted molar refractivity (Wildman–Crippen MR) is 182 cm³/mol. The van der Waals surface area contributed by atoms with E-state index in [1.165, 1.54) is 77.0 Å². The predicted octanol–water partition coefficient (Wildman–Crippen LogP) is 10.9. The smallest absolute Gasteiger partial charge is 0.306 e. The maximum atomic E-state index is 12.1. The van der Waals surface area contributed by atoms with Crippen LogP contribution in [0.4, 0.5) is 0 Å². The van der Waals surface area contributed by atoms with Crippen molar-refractivity contribution in [2.75, 3.05) is 13.2 Å². The molecule has 0 saturated heterocycles. The SMILES string of the molecule is CC/C=C\C/C=C\C/C=C\CCCCCCCC(=O)O[C@@H](CO)COC(=O)CCCCCCCCCCCCCCCC. The zero-order valence-corrected chi connectivity index (χ0v) is 28.2. The summed E-state index contributed by atoms with van der Waals surface area (Å²) in [7, 11) is 0. The van der Waals surface area contributed by atoms with Crippen LogP contribution in [0.25, 0.3) is 0 Å². The third-order valence-corrected chi connectivity index (χ3v) is 7.70. The van der Waals surface area contributed by atoms with Gasteiger partial charge in [-0.15, -0.1) is 0 Å². The Balaban J connectivity index is 3.59. The molecular weight excluding hydrogens is 536 g/mol. The summed E-state index contributed by atoms with van der Waals surface area (Å²) in [4.78, 5) is 24.2. The molecule has 43 heavy (non-hydrogen) atoms. The van der Waals surface area contributed by atoms with E-state index < -0.39 is 6.10 Å². The molecule has 0 aromatic rings. The van der Waals surface area contributed by atoms with Gasteiger partial charge in [0.1, 0.15) is 6.61 Å². The lowest BCUT2D eigenvalue weighted by atomic mass is 10.0. The van der Waals surface area contributed by atoms with Gasteiger partial charge in [-0.3, -0.25) is 9.59 Å². The summed E-state index contributed by atoms with van der Waals surface area (Å²) in [6.45, 7) is 4.00. The molecule has 0 aromatic carbocycles. The highest BCUT2D eigenvalue weighted by atomic mass is 16.6. The van der Waals surface area contributed by atoms with Gasteiger partial charge in [0, 0.05) is 12.8 Å². The third-order valence-electron chi connectivity index (χ3n) is 7.70. The first-order chi connectivity index (χ1) is 21.1. The number of hydrogen-bond donors (Lipinski definition) is 1. The number of unbranched alkanes of at least 4 members (excludes halogenated alkanes) is 18. The van der Waals surface area contributed by atoms with Crippen molar-refractivity contribution in [2.45, 2.75) is 180 Å². The van der Waals surface area contributed by atoms with Crippen LogP contribution in [0.5, 0.6) is 0 Å². The van der Waals surface area contributed by atoms with E-state index in [0.29, 0.717) is 12.8 Å². The molecule has 0 amide bonds. The molecule has 0 aliphatic rings. The lowest BCUT2D eigenvalue weighted by Gasteiger charge is -2.15. The lowest BCUT2D eigenvalue weighted by Crippen LogP contribution is -2.28. The number of ether oxygens (including phenoxy) is 2.